The van der Waals surface area contributed by atoms with E-state index in [0.717, 1.165) is 23.3 Å². The summed E-state index contributed by atoms with van der Waals surface area (Å²) in [6, 6.07) is 15.3. The summed E-state index contributed by atoms with van der Waals surface area (Å²) in [7, 11) is 0. The molecule has 0 radical (unpaired) electrons. The number of carbonyl (C=O) groups is 1. The van der Waals surface area contributed by atoms with Gasteiger partial charge in [0.25, 0.3) is 0 Å². The monoisotopic (exact) mass is 299 g/mol. The van der Waals surface area contributed by atoms with Crippen molar-refractivity contribution in [3.63, 3.8) is 0 Å². The molecule has 0 saturated carbocycles. The van der Waals surface area contributed by atoms with Crippen LogP contribution in [0.25, 0.3) is 0 Å². The van der Waals surface area contributed by atoms with E-state index in [9.17, 15) is 4.79 Å². The van der Waals surface area contributed by atoms with Crippen LogP contribution in [0.2, 0.25) is 0 Å². The summed E-state index contributed by atoms with van der Waals surface area (Å²) in [5.41, 5.74) is 7.71. The summed E-state index contributed by atoms with van der Waals surface area (Å²) in [5.74, 6) is 0.948. The molecule has 0 heterocycles. The fraction of sp³-hybridized carbons (Fsp3) is 0.278. The third-order valence-corrected chi connectivity index (χ3v) is 3.28. The molecule has 22 heavy (non-hydrogen) atoms. The zero-order valence-electron chi connectivity index (χ0n) is 12.9. The first-order chi connectivity index (χ1) is 10.6. The minimum absolute atomic E-state index is 0.0931. The molecule has 0 fully saturated rings. The maximum Gasteiger partial charge on any atom is 0.308 e. The Morgan fingerprint density at radius 1 is 1.18 bits per heavy atom. The number of ether oxygens (including phenoxy) is 2. The van der Waals surface area contributed by atoms with E-state index in [-0.39, 0.29) is 12.1 Å². The van der Waals surface area contributed by atoms with E-state index in [4.69, 9.17) is 15.2 Å². The maximum atomic E-state index is 11.0. The molecular weight excluding hydrogens is 278 g/mol. The quantitative estimate of drug-likeness (QED) is 0.656. The predicted octanol–water partition coefficient (Wildman–Crippen LogP) is 3.39. The average Bonchev–Trinajstić information content (AvgIpc) is 2.49. The molecule has 0 aliphatic heterocycles. The molecule has 4 heteroatoms. The fourth-order valence-corrected chi connectivity index (χ4v) is 2.25. The fourth-order valence-electron chi connectivity index (χ4n) is 2.25. The van der Waals surface area contributed by atoms with Crippen molar-refractivity contribution in [2.45, 2.75) is 26.4 Å². The predicted molar refractivity (Wildman–Crippen MR) is 86.0 cm³/mol. The Labute approximate surface area is 130 Å². The van der Waals surface area contributed by atoms with Gasteiger partial charge in [-0.2, -0.15) is 0 Å². The lowest BCUT2D eigenvalue weighted by Crippen LogP contribution is -2.13. The van der Waals surface area contributed by atoms with Crippen molar-refractivity contribution >= 4 is 5.97 Å². The third kappa shape index (κ3) is 4.33. The summed E-state index contributed by atoms with van der Waals surface area (Å²) < 4.78 is 11.2. The van der Waals surface area contributed by atoms with Crippen LogP contribution in [0, 0.1) is 6.92 Å². The van der Waals surface area contributed by atoms with Gasteiger partial charge in [0.05, 0.1) is 0 Å². The Balaban J connectivity index is 2.18. The number of rotatable bonds is 6. The van der Waals surface area contributed by atoms with Crippen LogP contribution >= 0.6 is 0 Å². The van der Waals surface area contributed by atoms with Crippen LogP contribution in [0.3, 0.4) is 0 Å². The van der Waals surface area contributed by atoms with Crippen molar-refractivity contribution in [2.24, 2.45) is 5.73 Å². The van der Waals surface area contributed by atoms with E-state index < -0.39 is 0 Å². The summed E-state index contributed by atoms with van der Waals surface area (Å²) in [6.45, 7) is 3.85. The lowest BCUT2D eigenvalue weighted by atomic mass is 10.1. The minimum atomic E-state index is -0.335. The zero-order chi connectivity index (χ0) is 15.9. The lowest BCUT2D eigenvalue weighted by molar-refractivity contribution is -0.131. The number of hydrogen-bond acceptors (Lipinski definition) is 4. The van der Waals surface area contributed by atoms with Crippen molar-refractivity contribution in [1.82, 2.24) is 0 Å². The topological polar surface area (TPSA) is 61.5 Å². The number of aryl methyl sites for hydroxylation is 1. The molecule has 0 amide bonds. The van der Waals surface area contributed by atoms with E-state index in [2.05, 4.69) is 0 Å². The van der Waals surface area contributed by atoms with E-state index >= 15 is 0 Å². The average molecular weight is 299 g/mol. The summed E-state index contributed by atoms with van der Waals surface area (Å²) in [5, 5.41) is 0. The van der Waals surface area contributed by atoms with Crippen LogP contribution in [-0.4, -0.2) is 12.5 Å². The van der Waals surface area contributed by atoms with Gasteiger partial charge in [-0.25, -0.2) is 0 Å². The molecule has 0 spiro atoms. The van der Waals surface area contributed by atoms with E-state index in [1.165, 1.54) is 6.92 Å². The van der Waals surface area contributed by atoms with Crippen molar-refractivity contribution in [2.75, 3.05) is 6.54 Å². The molecule has 2 N–H and O–H groups in total. The van der Waals surface area contributed by atoms with Crippen molar-refractivity contribution in [3.8, 4) is 11.5 Å². The molecule has 0 aromatic heterocycles. The Hall–Kier alpha value is -2.33. The Morgan fingerprint density at radius 2 is 1.91 bits per heavy atom. The van der Waals surface area contributed by atoms with Gasteiger partial charge in [0.1, 0.15) is 17.6 Å². The first-order valence-corrected chi connectivity index (χ1v) is 7.31. The van der Waals surface area contributed by atoms with Crippen LogP contribution in [-0.2, 0) is 4.79 Å². The minimum Gasteiger partial charge on any atom is -0.485 e. The van der Waals surface area contributed by atoms with Gasteiger partial charge in [-0.05, 0) is 42.8 Å². The number of benzene rings is 2. The molecule has 0 aliphatic carbocycles. The largest absolute Gasteiger partial charge is 0.485 e. The van der Waals surface area contributed by atoms with Gasteiger partial charge in [-0.3, -0.25) is 4.79 Å². The number of hydrogen-bond donors (Lipinski definition) is 1. The molecular formula is C18H21NO3. The van der Waals surface area contributed by atoms with Crippen LogP contribution in [0.4, 0.5) is 0 Å². The smallest absolute Gasteiger partial charge is 0.308 e. The van der Waals surface area contributed by atoms with Gasteiger partial charge in [0.2, 0.25) is 0 Å². The first-order valence-electron chi connectivity index (χ1n) is 7.31. The van der Waals surface area contributed by atoms with Crippen LogP contribution in [0.5, 0.6) is 11.5 Å². The van der Waals surface area contributed by atoms with Gasteiger partial charge in [0, 0.05) is 13.3 Å². The van der Waals surface area contributed by atoms with Gasteiger partial charge < -0.3 is 15.2 Å². The highest BCUT2D eigenvalue weighted by atomic mass is 16.5. The first kappa shape index (κ1) is 16.0. The molecule has 1 atom stereocenters. The van der Waals surface area contributed by atoms with Gasteiger partial charge in [0.15, 0.2) is 0 Å². The lowest BCUT2D eigenvalue weighted by Gasteiger charge is -2.20. The molecule has 0 aliphatic rings. The molecule has 0 saturated heterocycles. The van der Waals surface area contributed by atoms with Crippen molar-refractivity contribution in [3.05, 3.63) is 59.7 Å². The van der Waals surface area contributed by atoms with Gasteiger partial charge >= 0.3 is 5.97 Å². The molecule has 0 bridgehead atoms. The summed E-state index contributed by atoms with van der Waals surface area (Å²) >= 11 is 0. The Kier molecular flexibility index (Phi) is 5.55. The molecule has 2 rings (SSSR count). The Morgan fingerprint density at radius 3 is 2.50 bits per heavy atom. The van der Waals surface area contributed by atoms with Gasteiger partial charge in [-0.15, -0.1) is 0 Å². The number of carbonyl (C=O) groups excluding carboxylic acids is 1. The highest BCUT2D eigenvalue weighted by Gasteiger charge is 2.14. The van der Waals surface area contributed by atoms with Crippen LogP contribution in [0.15, 0.2) is 48.5 Å². The number of nitrogens with two attached hydrogens (primary N) is 1. The highest BCUT2D eigenvalue weighted by Crippen LogP contribution is 2.29. The van der Waals surface area contributed by atoms with Crippen LogP contribution < -0.4 is 15.2 Å². The highest BCUT2D eigenvalue weighted by molar-refractivity contribution is 5.69. The summed E-state index contributed by atoms with van der Waals surface area (Å²) in [6.07, 6.45) is 0.638. The van der Waals surface area contributed by atoms with Gasteiger partial charge in [-0.1, -0.05) is 30.3 Å². The molecule has 4 nitrogen and oxygen atoms in total. The molecule has 0 unspecified atom stereocenters. The molecule has 2 aromatic rings. The zero-order valence-corrected chi connectivity index (χ0v) is 12.9. The molecule has 116 valence electrons. The van der Waals surface area contributed by atoms with Crippen LogP contribution in [0.1, 0.15) is 30.6 Å². The standard InChI is InChI=1S/C18H21NO3/c1-13-12-16(21-14(2)20)8-9-17(13)22-18(10-11-19)15-6-4-3-5-7-15/h3-9,12,18H,10-11,19H2,1-2H3/t18-/m1/s1. The summed E-state index contributed by atoms with van der Waals surface area (Å²) in [4.78, 5) is 11.0. The van der Waals surface area contributed by atoms with Crippen molar-refractivity contribution in [1.29, 1.82) is 0 Å². The SMILES string of the molecule is CC(=O)Oc1ccc(O[C@H](CCN)c2ccccc2)c(C)c1. The maximum absolute atomic E-state index is 11.0. The Bertz CT molecular complexity index is 625. The second-order valence-corrected chi connectivity index (χ2v) is 5.12. The van der Waals surface area contributed by atoms with Crippen molar-refractivity contribution < 1.29 is 14.3 Å². The van der Waals surface area contributed by atoms with E-state index in [0.29, 0.717) is 12.3 Å². The number of esters is 1. The molecule has 2 aromatic carbocycles. The van der Waals surface area contributed by atoms with E-state index in [1.807, 2.05) is 43.3 Å². The second-order valence-electron chi connectivity index (χ2n) is 5.12. The second kappa shape index (κ2) is 7.61. The third-order valence-electron chi connectivity index (χ3n) is 3.28. The normalized spacial score (nSPS) is 11.8. The van der Waals surface area contributed by atoms with E-state index in [1.54, 1.807) is 12.1 Å².